The number of halogens is 3. The van der Waals surface area contributed by atoms with E-state index in [1.807, 2.05) is 26.8 Å². The summed E-state index contributed by atoms with van der Waals surface area (Å²) >= 11 is 0. The molecule has 0 bridgehead atoms. The molecule has 1 aliphatic heterocycles. The van der Waals surface area contributed by atoms with Crippen LogP contribution < -0.4 is 14.4 Å². The largest absolute Gasteiger partial charge is 0.573 e. The van der Waals surface area contributed by atoms with Gasteiger partial charge in [0.15, 0.2) is 0 Å². The number of carbonyl (C=O) groups is 2. The first kappa shape index (κ1) is 26.7. The fourth-order valence-corrected chi connectivity index (χ4v) is 4.25. The molecular weight excluding hydrogens is 501 g/mol. The Balaban J connectivity index is 1.95. The molecule has 1 saturated heterocycles. The van der Waals surface area contributed by atoms with Crippen LogP contribution in [0.3, 0.4) is 0 Å². The number of methoxy groups -OCH3 is 1. The molecule has 0 radical (unpaired) electrons. The van der Waals surface area contributed by atoms with Gasteiger partial charge in [-0.3, -0.25) is 19.5 Å². The van der Waals surface area contributed by atoms with Crippen molar-refractivity contribution >= 4 is 23.1 Å². The molecule has 7 nitrogen and oxygen atoms in total. The quantitative estimate of drug-likeness (QED) is 0.253. The lowest BCUT2D eigenvalue weighted by molar-refractivity contribution is -0.274. The van der Waals surface area contributed by atoms with Crippen molar-refractivity contribution in [1.29, 1.82) is 0 Å². The maximum absolute atomic E-state index is 13.4. The molecule has 1 atom stereocenters. The second-order valence-electron chi connectivity index (χ2n) is 9.63. The van der Waals surface area contributed by atoms with E-state index in [0.29, 0.717) is 0 Å². The van der Waals surface area contributed by atoms with E-state index in [1.165, 1.54) is 25.4 Å². The zero-order valence-electron chi connectivity index (χ0n) is 21.0. The number of pyridine rings is 1. The van der Waals surface area contributed by atoms with E-state index in [0.717, 1.165) is 22.6 Å². The molecule has 1 unspecified atom stereocenters. The molecule has 2 heterocycles. The fourth-order valence-electron chi connectivity index (χ4n) is 4.25. The molecule has 2 aromatic carbocycles. The Morgan fingerprint density at radius 2 is 1.74 bits per heavy atom. The van der Waals surface area contributed by atoms with Gasteiger partial charge in [0.1, 0.15) is 23.3 Å². The number of hydrogen-bond acceptors (Lipinski definition) is 6. The van der Waals surface area contributed by atoms with Crippen LogP contribution in [0.15, 0.2) is 72.4 Å². The third kappa shape index (κ3) is 5.20. The summed E-state index contributed by atoms with van der Waals surface area (Å²) in [5.74, 6) is -2.87. The van der Waals surface area contributed by atoms with Gasteiger partial charge in [-0.1, -0.05) is 39.0 Å². The van der Waals surface area contributed by atoms with Crippen LogP contribution in [-0.4, -0.2) is 35.3 Å². The number of ether oxygens (including phenoxy) is 2. The maximum Gasteiger partial charge on any atom is 0.573 e. The van der Waals surface area contributed by atoms with Crippen molar-refractivity contribution in [1.82, 2.24) is 4.98 Å². The summed E-state index contributed by atoms with van der Waals surface area (Å²) in [5.41, 5.74) is 0.612. The van der Waals surface area contributed by atoms with E-state index in [1.54, 1.807) is 30.3 Å². The zero-order valence-corrected chi connectivity index (χ0v) is 21.0. The number of aromatic nitrogens is 1. The number of aliphatic hydroxyl groups is 1. The van der Waals surface area contributed by atoms with Gasteiger partial charge in [0, 0.05) is 18.0 Å². The first-order valence-corrected chi connectivity index (χ1v) is 11.6. The summed E-state index contributed by atoms with van der Waals surface area (Å²) in [7, 11) is 1.41. The highest BCUT2D eigenvalue weighted by molar-refractivity contribution is 6.51. The Morgan fingerprint density at radius 3 is 2.34 bits per heavy atom. The van der Waals surface area contributed by atoms with Gasteiger partial charge in [-0.25, -0.2) is 0 Å². The number of hydrogen-bond donors (Lipinski definition) is 1. The number of aliphatic hydroxyl groups excluding tert-OH is 1. The van der Waals surface area contributed by atoms with E-state index in [9.17, 15) is 27.9 Å². The SMILES string of the molecule is COc1ccc(C(C)(C)C)cc1/C(O)=C1\C(=O)C(=O)N(c2cccc(OC(F)(F)F)c2)C1c1ccccn1. The van der Waals surface area contributed by atoms with Gasteiger partial charge in [0.05, 0.1) is 23.9 Å². The average Bonchev–Trinajstić information content (AvgIpc) is 3.12. The molecule has 1 amide bonds. The van der Waals surface area contributed by atoms with Gasteiger partial charge < -0.3 is 14.6 Å². The molecule has 3 aromatic rings. The van der Waals surface area contributed by atoms with E-state index < -0.39 is 35.6 Å². The first-order chi connectivity index (χ1) is 17.8. The molecule has 1 aliphatic rings. The van der Waals surface area contributed by atoms with Crippen LogP contribution >= 0.6 is 0 Å². The molecule has 1 fully saturated rings. The Labute approximate surface area is 217 Å². The van der Waals surface area contributed by atoms with Crippen molar-refractivity contribution < 1.29 is 37.3 Å². The number of ketones is 1. The highest BCUT2D eigenvalue weighted by atomic mass is 19.4. The van der Waals surface area contributed by atoms with Crippen LogP contribution in [0, 0.1) is 0 Å². The average molecular weight is 527 g/mol. The van der Waals surface area contributed by atoms with Gasteiger partial charge in [0.25, 0.3) is 11.7 Å². The van der Waals surface area contributed by atoms with Crippen molar-refractivity contribution in [3.8, 4) is 11.5 Å². The van der Waals surface area contributed by atoms with Crippen molar-refractivity contribution in [2.75, 3.05) is 12.0 Å². The Hall–Kier alpha value is -4.34. The van der Waals surface area contributed by atoms with Crippen molar-refractivity contribution in [2.45, 2.75) is 38.6 Å². The molecule has 4 rings (SSSR count). The van der Waals surface area contributed by atoms with E-state index in [2.05, 4.69) is 9.72 Å². The summed E-state index contributed by atoms with van der Waals surface area (Å²) in [5, 5.41) is 11.5. The topological polar surface area (TPSA) is 89.0 Å². The van der Waals surface area contributed by atoms with Crippen LogP contribution in [-0.2, 0) is 15.0 Å². The smallest absolute Gasteiger partial charge is 0.507 e. The molecule has 38 heavy (non-hydrogen) atoms. The predicted molar refractivity (Wildman–Crippen MR) is 134 cm³/mol. The van der Waals surface area contributed by atoms with E-state index >= 15 is 0 Å². The third-order valence-electron chi connectivity index (χ3n) is 6.06. The number of carbonyl (C=O) groups excluding carboxylic acids is 2. The molecule has 0 spiro atoms. The number of amides is 1. The molecule has 0 saturated carbocycles. The summed E-state index contributed by atoms with van der Waals surface area (Å²) in [4.78, 5) is 32.0. The highest BCUT2D eigenvalue weighted by Gasteiger charge is 2.48. The van der Waals surface area contributed by atoms with Crippen LogP contribution in [0.1, 0.15) is 43.6 Å². The van der Waals surface area contributed by atoms with Gasteiger partial charge in [-0.15, -0.1) is 13.2 Å². The van der Waals surface area contributed by atoms with E-state index in [-0.39, 0.29) is 33.7 Å². The number of alkyl halides is 3. The van der Waals surface area contributed by atoms with Gasteiger partial charge >= 0.3 is 6.36 Å². The minimum atomic E-state index is -4.96. The van der Waals surface area contributed by atoms with Gasteiger partial charge in [0.2, 0.25) is 0 Å². The van der Waals surface area contributed by atoms with Crippen LogP contribution in [0.2, 0.25) is 0 Å². The molecule has 0 aliphatic carbocycles. The highest BCUT2D eigenvalue weighted by Crippen LogP contribution is 2.44. The van der Waals surface area contributed by atoms with Crippen LogP contribution in [0.25, 0.3) is 5.76 Å². The summed E-state index contributed by atoms with van der Waals surface area (Å²) < 4.78 is 48.0. The number of benzene rings is 2. The van der Waals surface area contributed by atoms with Crippen molar-refractivity contribution in [3.63, 3.8) is 0 Å². The van der Waals surface area contributed by atoms with Crippen LogP contribution in [0.5, 0.6) is 11.5 Å². The van der Waals surface area contributed by atoms with Gasteiger partial charge in [-0.05, 0) is 47.4 Å². The monoisotopic (exact) mass is 526 g/mol. The predicted octanol–water partition coefficient (Wildman–Crippen LogP) is 5.91. The fraction of sp³-hybridized carbons (Fsp3) is 0.250. The first-order valence-electron chi connectivity index (χ1n) is 11.6. The Morgan fingerprint density at radius 1 is 1.00 bits per heavy atom. The van der Waals surface area contributed by atoms with Crippen molar-refractivity contribution in [3.05, 3.63) is 89.3 Å². The normalized spacial score (nSPS) is 17.6. The lowest BCUT2D eigenvalue weighted by Crippen LogP contribution is -2.30. The second kappa shape index (κ2) is 9.85. The molecule has 10 heteroatoms. The molecule has 1 N–H and O–H groups in total. The van der Waals surface area contributed by atoms with Gasteiger partial charge in [-0.2, -0.15) is 0 Å². The Bertz CT molecular complexity index is 1410. The minimum absolute atomic E-state index is 0.0426. The number of nitrogens with zero attached hydrogens (tertiary/aromatic N) is 2. The third-order valence-corrected chi connectivity index (χ3v) is 6.06. The molecular formula is C28H25F3N2O5. The minimum Gasteiger partial charge on any atom is -0.507 e. The molecule has 1 aromatic heterocycles. The number of Topliss-reactive ketones (excluding diaryl/α,β-unsaturated/α-hetero) is 1. The Kier molecular flexibility index (Phi) is 6.92. The lowest BCUT2D eigenvalue weighted by atomic mass is 9.85. The number of anilines is 1. The zero-order chi connectivity index (χ0) is 27.8. The summed E-state index contributed by atoms with van der Waals surface area (Å²) in [6.45, 7) is 5.92. The number of rotatable bonds is 5. The lowest BCUT2D eigenvalue weighted by Gasteiger charge is -2.25. The van der Waals surface area contributed by atoms with E-state index in [4.69, 9.17) is 4.74 Å². The second-order valence-corrected chi connectivity index (χ2v) is 9.63. The van der Waals surface area contributed by atoms with Crippen molar-refractivity contribution in [2.24, 2.45) is 0 Å². The maximum atomic E-state index is 13.4. The summed E-state index contributed by atoms with van der Waals surface area (Å²) in [6, 6.07) is 13.4. The summed E-state index contributed by atoms with van der Waals surface area (Å²) in [6.07, 6.45) is -3.51. The van der Waals surface area contributed by atoms with Crippen LogP contribution in [0.4, 0.5) is 18.9 Å². The standard InChI is InChI=1S/C28H25F3N2O5/c1-27(2,3)16-11-12-21(37-4)19(14-16)24(34)22-23(20-10-5-6-13-32-20)33(26(36)25(22)35)17-8-7-9-18(15-17)38-28(29,30)31/h5-15,23,34H,1-4H3/b24-22+. The molecule has 198 valence electrons.